The molecule has 1 N–H and O–H groups in total. The molecule has 1 unspecified atom stereocenters. The summed E-state index contributed by atoms with van der Waals surface area (Å²) >= 11 is 12.5. The lowest BCUT2D eigenvalue weighted by molar-refractivity contribution is -0.117. The van der Waals surface area contributed by atoms with E-state index in [2.05, 4.69) is 39.2 Å². The van der Waals surface area contributed by atoms with Gasteiger partial charge in [-0.3, -0.25) is 9.78 Å². The highest BCUT2D eigenvalue weighted by molar-refractivity contribution is 6.33. The van der Waals surface area contributed by atoms with E-state index in [0.29, 0.717) is 39.3 Å². The van der Waals surface area contributed by atoms with Crippen molar-refractivity contribution in [1.82, 2.24) is 29.1 Å². The van der Waals surface area contributed by atoms with Gasteiger partial charge < -0.3 is 9.88 Å². The Labute approximate surface area is 202 Å². The van der Waals surface area contributed by atoms with E-state index in [1.165, 1.54) is 0 Å². The summed E-state index contributed by atoms with van der Waals surface area (Å²) in [6.07, 6.45) is 7.47. The first-order valence-corrected chi connectivity index (χ1v) is 11.5. The smallest absolute Gasteiger partial charge is 0.232 e. The molecule has 0 aliphatic heterocycles. The Morgan fingerprint density at radius 3 is 2.58 bits per heavy atom. The minimum Gasteiger partial charge on any atom is -0.340 e. The van der Waals surface area contributed by atoms with Crippen LogP contribution in [0.5, 0.6) is 0 Å². The summed E-state index contributed by atoms with van der Waals surface area (Å²) in [5.74, 6) is -0.520. The van der Waals surface area contributed by atoms with Crippen LogP contribution >= 0.6 is 23.2 Å². The SMILES string of the molecule is CC.Cn1cnc(-c2ncc(NC(=O)C3CC(C)(C)c4c3cnc3cc(Cl)nn43)cc2Cl)c1. The average Bonchev–Trinajstić information content (AvgIpc) is 3.44. The molecule has 0 radical (unpaired) electrons. The number of amides is 1. The monoisotopic (exact) mass is 485 g/mol. The second kappa shape index (κ2) is 8.76. The summed E-state index contributed by atoms with van der Waals surface area (Å²) in [5.41, 5.74) is 3.95. The highest BCUT2D eigenvalue weighted by Gasteiger charge is 2.43. The number of nitrogens with one attached hydrogen (secondary N) is 1. The fourth-order valence-electron chi connectivity index (χ4n) is 4.26. The van der Waals surface area contributed by atoms with E-state index in [4.69, 9.17) is 23.2 Å². The molecule has 33 heavy (non-hydrogen) atoms. The molecule has 1 aliphatic carbocycles. The molecule has 4 heterocycles. The van der Waals surface area contributed by atoms with Crippen molar-refractivity contribution < 1.29 is 4.79 Å². The predicted octanol–water partition coefficient (Wildman–Crippen LogP) is 5.26. The largest absolute Gasteiger partial charge is 0.340 e. The Hall–Kier alpha value is -2.97. The topological polar surface area (TPSA) is 90.0 Å². The van der Waals surface area contributed by atoms with Crippen molar-refractivity contribution in [2.45, 2.75) is 45.4 Å². The van der Waals surface area contributed by atoms with Crippen molar-refractivity contribution in [1.29, 1.82) is 0 Å². The molecule has 1 atom stereocenters. The number of nitrogens with zero attached hydrogens (tertiary/aromatic N) is 6. The number of imidazole rings is 1. The van der Waals surface area contributed by atoms with Crippen molar-refractivity contribution in [3.8, 4) is 11.4 Å². The van der Waals surface area contributed by atoms with Crippen molar-refractivity contribution in [3.05, 3.63) is 58.5 Å². The predicted molar refractivity (Wildman–Crippen MR) is 130 cm³/mol. The van der Waals surface area contributed by atoms with Gasteiger partial charge in [-0.25, -0.2) is 14.5 Å². The molecule has 0 bridgehead atoms. The van der Waals surface area contributed by atoms with Gasteiger partial charge in [0.1, 0.15) is 11.4 Å². The van der Waals surface area contributed by atoms with Gasteiger partial charge in [0.2, 0.25) is 5.91 Å². The summed E-state index contributed by atoms with van der Waals surface area (Å²) < 4.78 is 3.56. The van der Waals surface area contributed by atoms with Crippen LogP contribution in [0.1, 0.15) is 51.3 Å². The molecule has 5 rings (SSSR count). The zero-order chi connectivity index (χ0) is 23.9. The van der Waals surface area contributed by atoms with Gasteiger partial charge in [-0.05, 0) is 12.5 Å². The van der Waals surface area contributed by atoms with Gasteiger partial charge in [0.05, 0.1) is 34.8 Å². The molecule has 0 fully saturated rings. The summed E-state index contributed by atoms with van der Waals surface area (Å²) in [6.45, 7) is 8.18. The molecule has 0 saturated heterocycles. The number of hydrogen-bond acceptors (Lipinski definition) is 5. The van der Waals surface area contributed by atoms with Crippen LogP contribution in [-0.4, -0.2) is 35.0 Å². The Kier molecular flexibility index (Phi) is 6.16. The van der Waals surface area contributed by atoms with Gasteiger partial charge >= 0.3 is 0 Å². The van der Waals surface area contributed by atoms with Crippen LogP contribution in [0, 0.1) is 0 Å². The lowest BCUT2D eigenvalue weighted by Gasteiger charge is -2.19. The van der Waals surface area contributed by atoms with E-state index in [9.17, 15) is 4.79 Å². The zero-order valence-corrected chi connectivity index (χ0v) is 20.6. The van der Waals surface area contributed by atoms with Crippen molar-refractivity contribution in [2.75, 3.05) is 5.32 Å². The standard InChI is InChI=1S/C21H19Cl2N7O.C2H6/c1-21(2)6-12(13-8-24-17-5-16(23)28-30(17)19(13)21)20(31)27-11-4-14(22)18(25-7-11)15-9-29(3)10-26-15;1-2/h4-5,7-10,12H,6H2,1-3H3,(H,27,31);1-2H3. The van der Waals surface area contributed by atoms with Crippen LogP contribution in [-0.2, 0) is 17.3 Å². The minimum atomic E-state index is -0.376. The third-order valence-corrected chi connectivity index (χ3v) is 6.06. The fourth-order valence-corrected chi connectivity index (χ4v) is 4.70. The third-order valence-electron chi connectivity index (χ3n) is 5.59. The van der Waals surface area contributed by atoms with E-state index in [1.54, 1.807) is 35.4 Å². The molecular formula is C23H25Cl2N7O. The number of halogens is 2. The molecule has 0 spiro atoms. The Morgan fingerprint density at radius 2 is 1.91 bits per heavy atom. The Bertz CT molecular complexity index is 1340. The molecule has 0 saturated carbocycles. The van der Waals surface area contributed by atoms with E-state index < -0.39 is 0 Å². The van der Waals surface area contributed by atoms with Crippen LogP contribution in [0.2, 0.25) is 10.2 Å². The first-order valence-electron chi connectivity index (χ1n) is 10.7. The van der Waals surface area contributed by atoms with E-state index >= 15 is 0 Å². The maximum absolute atomic E-state index is 13.2. The van der Waals surface area contributed by atoms with Gasteiger partial charge in [0.15, 0.2) is 10.8 Å². The molecule has 1 aliphatic rings. The maximum atomic E-state index is 13.2. The van der Waals surface area contributed by atoms with E-state index in [-0.39, 0.29) is 17.2 Å². The van der Waals surface area contributed by atoms with Crippen LogP contribution in [0.4, 0.5) is 5.69 Å². The first-order chi connectivity index (χ1) is 15.7. The van der Waals surface area contributed by atoms with E-state index in [1.807, 2.05) is 31.7 Å². The van der Waals surface area contributed by atoms with Crippen LogP contribution in [0.3, 0.4) is 0 Å². The molecule has 1 amide bonds. The van der Waals surface area contributed by atoms with Crippen LogP contribution in [0.25, 0.3) is 17.0 Å². The molecule has 4 aromatic rings. The highest BCUT2D eigenvalue weighted by Crippen LogP contribution is 2.46. The van der Waals surface area contributed by atoms with Gasteiger partial charge in [0, 0.05) is 36.5 Å². The highest BCUT2D eigenvalue weighted by atomic mass is 35.5. The van der Waals surface area contributed by atoms with Gasteiger partial charge in [-0.1, -0.05) is 50.9 Å². The zero-order valence-electron chi connectivity index (χ0n) is 19.1. The molecule has 0 aromatic carbocycles. The molecule has 10 heteroatoms. The van der Waals surface area contributed by atoms with Gasteiger partial charge in [-0.15, -0.1) is 0 Å². The first kappa shape index (κ1) is 23.2. The molecular weight excluding hydrogens is 461 g/mol. The Morgan fingerprint density at radius 1 is 1.15 bits per heavy atom. The molecule has 172 valence electrons. The molecule has 8 nitrogen and oxygen atoms in total. The summed E-state index contributed by atoms with van der Waals surface area (Å²) in [7, 11) is 1.87. The maximum Gasteiger partial charge on any atom is 0.232 e. The second-order valence-electron chi connectivity index (χ2n) is 8.41. The number of anilines is 1. The number of rotatable bonds is 3. The van der Waals surface area contributed by atoms with E-state index in [0.717, 1.165) is 11.3 Å². The van der Waals surface area contributed by atoms with Crippen molar-refractivity contribution in [2.24, 2.45) is 7.05 Å². The van der Waals surface area contributed by atoms with Gasteiger partial charge in [0.25, 0.3) is 0 Å². The second-order valence-corrected chi connectivity index (χ2v) is 9.20. The summed E-state index contributed by atoms with van der Waals surface area (Å²) in [6, 6.07) is 3.40. The number of aromatic nitrogens is 6. The number of aryl methyl sites for hydroxylation is 1. The summed E-state index contributed by atoms with van der Waals surface area (Å²) in [4.78, 5) is 26.3. The van der Waals surface area contributed by atoms with Crippen LogP contribution < -0.4 is 5.32 Å². The van der Waals surface area contributed by atoms with Gasteiger partial charge in [-0.2, -0.15) is 5.10 Å². The van der Waals surface area contributed by atoms with Crippen molar-refractivity contribution >= 4 is 40.4 Å². The lowest BCUT2D eigenvalue weighted by Crippen LogP contribution is -2.21. The Balaban J connectivity index is 0.00000126. The quantitative estimate of drug-likeness (QED) is 0.427. The van der Waals surface area contributed by atoms with Crippen molar-refractivity contribution in [3.63, 3.8) is 0 Å². The molecule has 4 aromatic heterocycles. The minimum absolute atomic E-state index is 0.144. The lowest BCUT2D eigenvalue weighted by atomic mass is 9.88. The number of hydrogen-bond donors (Lipinski definition) is 1. The number of carbonyl (C=O) groups is 1. The summed E-state index contributed by atoms with van der Waals surface area (Å²) in [5, 5.41) is 8.10. The number of carbonyl (C=O) groups excluding carboxylic acids is 1. The number of fused-ring (bicyclic) bond motifs is 3. The third kappa shape index (κ3) is 4.20. The van der Waals surface area contributed by atoms with Crippen LogP contribution in [0.15, 0.2) is 37.1 Å². The fraction of sp³-hybridized carbons (Fsp3) is 0.348. The normalized spacial score (nSPS) is 16.3. The average molecular weight is 486 g/mol. The number of pyridine rings is 1.